The fraction of sp³-hybridized carbons (Fsp3) is 0.259. The van der Waals surface area contributed by atoms with E-state index < -0.39 is 0 Å². The number of carbonyl (C=O) groups excluding carboxylic acids is 1. The van der Waals surface area contributed by atoms with Crippen molar-refractivity contribution < 1.29 is 9.53 Å². The van der Waals surface area contributed by atoms with Gasteiger partial charge in [-0.3, -0.25) is 4.79 Å². The summed E-state index contributed by atoms with van der Waals surface area (Å²) in [7, 11) is 1.63. The zero-order chi connectivity index (χ0) is 24.2. The molecule has 4 rings (SSSR count). The van der Waals surface area contributed by atoms with Gasteiger partial charge in [0.15, 0.2) is 5.17 Å². The summed E-state index contributed by atoms with van der Waals surface area (Å²) in [6, 6.07) is 18.2. The Morgan fingerprint density at radius 3 is 2.35 bits per heavy atom. The number of benzene rings is 2. The molecular formula is C27H30N4O2S. The first kappa shape index (κ1) is 23.7. The van der Waals surface area contributed by atoms with E-state index in [4.69, 9.17) is 4.74 Å². The number of carbonyl (C=O) groups is 1. The summed E-state index contributed by atoms with van der Waals surface area (Å²) in [6.45, 7) is 10.5. The number of ether oxygens (including phenoxy) is 1. The molecule has 0 radical (unpaired) electrons. The molecule has 0 atom stereocenters. The third-order valence-corrected chi connectivity index (χ3v) is 6.86. The van der Waals surface area contributed by atoms with Crippen LogP contribution < -0.4 is 15.0 Å². The molecule has 0 aliphatic carbocycles. The Kier molecular flexibility index (Phi) is 7.12. The topological polar surface area (TPSA) is 58.9 Å². The second-order valence-corrected chi connectivity index (χ2v) is 9.06. The molecule has 2 aromatic carbocycles. The normalized spacial score (nSPS) is 15.7. The van der Waals surface area contributed by atoms with E-state index in [1.54, 1.807) is 7.11 Å². The lowest BCUT2D eigenvalue weighted by molar-refractivity contribution is -0.115. The number of hydrogen-bond acceptors (Lipinski definition) is 5. The quantitative estimate of drug-likeness (QED) is 0.437. The summed E-state index contributed by atoms with van der Waals surface area (Å²) >= 11 is 1.35. The van der Waals surface area contributed by atoms with Gasteiger partial charge in [-0.05, 0) is 106 Å². The summed E-state index contributed by atoms with van der Waals surface area (Å²) < 4.78 is 7.41. The lowest BCUT2D eigenvalue weighted by atomic mass is 10.2. The van der Waals surface area contributed by atoms with E-state index in [2.05, 4.69) is 77.8 Å². The Bertz CT molecular complexity index is 1240. The number of aliphatic imine (C=N–C) groups is 1. The van der Waals surface area contributed by atoms with Crippen LogP contribution in [0, 0.1) is 13.8 Å². The van der Waals surface area contributed by atoms with Crippen molar-refractivity contribution >= 4 is 40.3 Å². The van der Waals surface area contributed by atoms with Gasteiger partial charge in [-0.15, -0.1) is 0 Å². The summed E-state index contributed by atoms with van der Waals surface area (Å²) in [4.78, 5) is 20.1. The van der Waals surface area contributed by atoms with Gasteiger partial charge < -0.3 is 19.5 Å². The Hall–Kier alpha value is -3.45. The van der Waals surface area contributed by atoms with Crippen LogP contribution in [0.15, 0.2) is 64.5 Å². The molecule has 0 unspecified atom stereocenters. The molecule has 6 nitrogen and oxygen atoms in total. The van der Waals surface area contributed by atoms with Crippen molar-refractivity contribution in [1.29, 1.82) is 0 Å². The molecule has 1 aliphatic rings. The number of aromatic nitrogens is 1. The molecule has 176 valence electrons. The van der Waals surface area contributed by atoms with E-state index in [9.17, 15) is 4.79 Å². The average Bonchev–Trinajstić information content (AvgIpc) is 3.33. The molecule has 0 spiro atoms. The molecule has 2 heterocycles. The Morgan fingerprint density at radius 1 is 1.06 bits per heavy atom. The molecule has 3 aromatic rings. The first-order chi connectivity index (χ1) is 16.4. The predicted molar refractivity (Wildman–Crippen MR) is 143 cm³/mol. The molecule has 0 saturated carbocycles. The molecule has 1 aromatic heterocycles. The van der Waals surface area contributed by atoms with Crippen LogP contribution in [0.5, 0.6) is 5.75 Å². The lowest BCUT2D eigenvalue weighted by Gasteiger charge is -2.21. The van der Waals surface area contributed by atoms with Gasteiger partial charge in [0.25, 0.3) is 5.91 Å². The molecule has 1 aliphatic heterocycles. The largest absolute Gasteiger partial charge is 0.497 e. The smallest absolute Gasteiger partial charge is 0.264 e. The maximum absolute atomic E-state index is 12.6. The number of methoxy groups -OCH3 is 1. The number of amidine groups is 1. The third-order valence-electron chi connectivity index (χ3n) is 5.95. The first-order valence-corrected chi connectivity index (χ1v) is 12.2. The maximum atomic E-state index is 12.6. The van der Waals surface area contributed by atoms with Crippen LogP contribution in [0.25, 0.3) is 11.8 Å². The van der Waals surface area contributed by atoms with Gasteiger partial charge in [-0.1, -0.05) is 0 Å². The molecule has 7 heteroatoms. The van der Waals surface area contributed by atoms with Crippen LogP contribution in [0.3, 0.4) is 0 Å². The molecule has 1 N–H and O–H groups in total. The van der Waals surface area contributed by atoms with Crippen molar-refractivity contribution in [3.63, 3.8) is 0 Å². The zero-order valence-corrected chi connectivity index (χ0v) is 21.1. The van der Waals surface area contributed by atoms with Crippen LogP contribution in [0.2, 0.25) is 0 Å². The lowest BCUT2D eigenvalue weighted by Crippen LogP contribution is -2.21. The van der Waals surface area contributed by atoms with Gasteiger partial charge in [0, 0.05) is 35.9 Å². The fourth-order valence-corrected chi connectivity index (χ4v) is 4.96. The summed E-state index contributed by atoms with van der Waals surface area (Å²) in [5.74, 6) is 0.635. The molecule has 1 saturated heterocycles. The second-order valence-electron chi connectivity index (χ2n) is 8.03. The molecule has 1 fully saturated rings. The van der Waals surface area contributed by atoms with Crippen molar-refractivity contribution in [3.05, 3.63) is 76.5 Å². The van der Waals surface area contributed by atoms with Gasteiger partial charge in [0.1, 0.15) is 5.75 Å². The van der Waals surface area contributed by atoms with Crippen molar-refractivity contribution in [1.82, 2.24) is 9.88 Å². The predicted octanol–water partition coefficient (Wildman–Crippen LogP) is 5.84. The number of nitrogens with zero attached hydrogens (tertiary/aromatic N) is 3. The van der Waals surface area contributed by atoms with Crippen LogP contribution >= 0.6 is 11.8 Å². The van der Waals surface area contributed by atoms with E-state index in [0.717, 1.165) is 47.2 Å². The van der Waals surface area contributed by atoms with E-state index in [0.29, 0.717) is 10.1 Å². The maximum Gasteiger partial charge on any atom is 0.264 e. The highest BCUT2D eigenvalue weighted by atomic mass is 32.2. The number of amides is 1. The Balaban J connectivity index is 1.57. The first-order valence-electron chi connectivity index (χ1n) is 11.4. The van der Waals surface area contributed by atoms with Gasteiger partial charge in [0.2, 0.25) is 0 Å². The van der Waals surface area contributed by atoms with Gasteiger partial charge in [-0.25, -0.2) is 4.99 Å². The van der Waals surface area contributed by atoms with Crippen LogP contribution in [-0.2, 0) is 4.79 Å². The summed E-state index contributed by atoms with van der Waals surface area (Å²) in [6.07, 6.45) is 1.94. The van der Waals surface area contributed by atoms with E-state index in [1.807, 2.05) is 30.3 Å². The minimum Gasteiger partial charge on any atom is -0.497 e. The Morgan fingerprint density at radius 2 is 1.74 bits per heavy atom. The highest BCUT2D eigenvalue weighted by molar-refractivity contribution is 8.18. The summed E-state index contributed by atoms with van der Waals surface area (Å²) in [5.41, 5.74) is 6.33. The summed E-state index contributed by atoms with van der Waals surface area (Å²) in [5, 5.41) is 3.44. The van der Waals surface area contributed by atoms with Gasteiger partial charge in [0.05, 0.1) is 17.7 Å². The van der Waals surface area contributed by atoms with Gasteiger partial charge >= 0.3 is 0 Å². The van der Waals surface area contributed by atoms with Crippen LogP contribution in [-0.4, -0.2) is 35.8 Å². The number of thioether (sulfide) groups is 1. The zero-order valence-electron chi connectivity index (χ0n) is 20.3. The van der Waals surface area contributed by atoms with Crippen molar-refractivity contribution in [2.24, 2.45) is 4.99 Å². The third kappa shape index (κ3) is 4.89. The Labute approximate surface area is 205 Å². The second kappa shape index (κ2) is 10.2. The number of nitrogens with one attached hydrogen (secondary N) is 1. The monoisotopic (exact) mass is 474 g/mol. The van der Waals surface area contributed by atoms with Crippen molar-refractivity contribution in [3.8, 4) is 11.4 Å². The van der Waals surface area contributed by atoms with Crippen LogP contribution in [0.1, 0.15) is 30.8 Å². The minimum atomic E-state index is -0.134. The number of aryl methyl sites for hydroxylation is 1. The highest BCUT2D eigenvalue weighted by Gasteiger charge is 2.24. The molecular weight excluding hydrogens is 444 g/mol. The highest BCUT2D eigenvalue weighted by Crippen LogP contribution is 2.31. The van der Waals surface area contributed by atoms with Crippen molar-refractivity contribution in [2.45, 2.75) is 27.7 Å². The molecule has 34 heavy (non-hydrogen) atoms. The SMILES string of the molecule is CCN(CC)c1ccc(-n2c(C)cc(/C=C3/SC(=Nc4ccc(OC)cc4)NC3=O)c2C)cc1. The fourth-order valence-electron chi connectivity index (χ4n) is 4.13. The number of hydrogen-bond donors (Lipinski definition) is 1. The molecule has 1 amide bonds. The van der Waals surface area contributed by atoms with Crippen molar-refractivity contribution in [2.75, 3.05) is 25.1 Å². The van der Waals surface area contributed by atoms with Gasteiger partial charge in [-0.2, -0.15) is 0 Å². The number of anilines is 1. The standard InChI is InChI=1S/C27H30N4O2S/c1-6-30(7-2)22-10-12-23(13-11-22)31-18(3)16-20(19(31)4)17-25-26(32)29-27(34-25)28-21-8-14-24(33-5)15-9-21/h8-17H,6-7H2,1-5H3,(H,28,29,32)/b25-17+. The average molecular weight is 475 g/mol. The van der Waals surface area contributed by atoms with Crippen LogP contribution in [0.4, 0.5) is 11.4 Å². The molecule has 0 bridgehead atoms. The van der Waals surface area contributed by atoms with E-state index in [-0.39, 0.29) is 5.91 Å². The number of rotatable bonds is 7. The van der Waals surface area contributed by atoms with E-state index >= 15 is 0 Å². The van der Waals surface area contributed by atoms with E-state index in [1.165, 1.54) is 17.4 Å². The minimum absolute atomic E-state index is 0.134.